The van der Waals surface area contributed by atoms with Crippen molar-refractivity contribution in [1.29, 1.82) is 0 Å². The summed E-state index contributed by atoms with van der Waals surface area (Å²) in [5.74, 6) is 0.651. The van der Waals surface area contributed by atoms with Crippen LogP contribution in [-0.2, 0) is 0 Å². The smallest absolute Gasteiger partial charge is 0.315 e. The van der Waals surface area contributed by atoms with Crippen molar-refractivity contribution in [1.82, 2.24) is 10.6 Å². The molecule has 0 heterocycles. The maximum absolute atomic E-state index is 11.8. The van der Waals surface area contributed by atoms with E-state index in [0.717, 1.165) is 18.4 Å². The number of amides is 2. The highest BCUT2D eigenvalue weighted by molar-refractivity contribution is 6.31. The van der Waals surface area contributed by atoms with Crippen molar-refractivity contribution in [2.45, 2.75) is 51.2 Å². The topological polar surface area (TPSA) is 70.6 Å². The summed E-state index contributed by atoms with van der Waals surface area (Å²) in [6.07, 6.45) is 4.90. The monoisotopic (exact) mass is 340 g/mol. The van der Waals surface area contributed by atoms with E-state index in [0.29, 0.717) is 10.8 Å². The van der Waals surface area contributed by atoms with Crippen LogP contribution in [-0.4, -0.2) is 36.4 Å². The van der Waals surface area contributed by atoms with E-state index in [2.05, 4.69) is 10.6 Å². The minimum atomic E-state index is -0.761. The van der Waals surface area contributed by atoms with Crippen LogP contribution in [0.4, 0.5) is 4.79 Å². The first-order valence-corrected chi connectivity index (χ1v) is 8.54. The van der Waals surface area contributed by atoms with E-state index in [1.54, 1.807) is 12.1 Å². The summed E-state index contributed by atoms with van der Waals surface area (Å²) in [5, 5.41) is 16.2. The van der Waals surface area contributed by atoms with Gasteiger partial charge in [-0.3, -0.25) is 0 Å². The molecule has 128 valence electrons. The van der Waals surface area contributed by atoms with Crippen molar-refractivity contribution >= 4 is 17.6 Å². The third-order valence-electron chi connectivity index (χ3n) is 4.01. The summed E-state index contributed by atoms with van der Waals surface area (Å²) in [4.78, 5) is 11.8. The molecule has 1 unspecified atom stereocenters. The van der Waals surface area contributed by atoms with Crippen LogP contribution in [0.1, 0.15) is 37.7 Å². The highest BCUT2D eigenvalue weighted by Crippen LogP contribution is 2.21. The Balaban J connectivity index is 1.64. The first-order chi connectivity index (χ1) is 11.0. The molecule has 2 amide bonds. The minimum absolute atomic E-state index is 0.116. The van der Waals surface area contributed by atoms with Crippen molar-refractivity contribution in [3.05, 3.63) is 28.8 Å². The van der Waals surface area contributed by atoms with Crippen LogP contribution >= 0.6 is 11.6 Å². The Morgan fingerprint density at radius 2 is 2.13 bits per heavy atom. The van der Waals surface area contributed by atoms with Gasteiger partial charge in [-0.25, -0.2) is 4.79 Å². The fraction of sp³-hybridized carbons (Fsp3) is 0.588. The van der Waals surface area contributed by atoms with E-state index in [-0.39, 0.29) is 25.2 Å². The molecule has 3 N–H and O–H groups in total. The van der Waals surface area contributed by atoms with E-state index in [1.165, 1.54) is 19.3 Å². The maximum Gasteiger partial charge on any atom is 0.315 e. The van der Waals surface area contributed by atoms with Crippen molar-refractivity contribution in [3.63, 3.8) is 0 Å². The average molecular weight is 341 g/mol. The van der Waals surface area contributed by atoms with Crippen molar-refractivity contribution in [3.8, 4) is 5.75 Å². The van der Waals surface area contributed by atoms with Crippen molar-refractivity contribution in [2.75, 3.05) is 13.2 Å². The van der Waals surface area contributed by atoms with Gasteiger partial charge in [0.1, 0.15) is 18.5 Å². The SMILES string of the molecule is Cc1cc(OCC(O)CNC(=O)NC2CCCCC2)ccc1Cl. The fourth-order valence-corrected chi connectivity index (χ4v) is 2.77. The molecule has 0 spiro atoms. The van der Waals surface area contributed by atoms with Gasteiger partial charge in [0.2, 0.25) is 0 Å². The Morgan fingerprint density at radius 3 is 2.83 bits per heavy atom. The Labute approximate surface area is 142 Å². The quantitative estimate of drug-likeness (QED) is 0.745. The van der Waals surface area contributed by atoms with Gasteiger partial charge in [-0.15, -0.1) is 0 Å². The van der Waals surface area contributed by atoms with Crippen LogP contribution in [0.15, 0.2) is 18.2 Å². The molecule has 0 radical (unpaired) electrons. The number of nitrogens with one attached hydrogen (secondary N) is 2. The number of carbonyl (C=O) groups is 1. The van der Waals surface area contributed by atoms with Gasteiger partial charge < -0.3 is 20.5 Å². The van der Waals surface area contributed by atoms with Gasteiger partial charge in [-0.05, 0) is 43.5 Å². The third-order valence-corrected chi connectivity index (χ3v) is 4.43. The Kier molecular flexibility index (Phi) is 6.99. The Morgan fingerprint density at radius 1 is 1.39 bits per heavy atom. The molecule has 23 heavy (non-hydrogen) atoms. The lowest BCUT2D eigenvalue weighted by Gasteiger charge is -2.23. The Hall–Kier alpha value is -1.46. The zero-order valence-corrected chi connectivity index (χ0v) is 14.2. The summed E-state index contributed by atoms with van der Waals surface area (Å²) in [5.41, 5.74) is 0.920. The number of carbonyl (C=O) groups excluding carboxylic acids is 1. The number of aliphatic hydroxyl groups is 1. The summed E-state index contributed by atoms with van der Waals surface area (Å²) in [6, 6.07) is 5.37. The van der Waals surface area contributed by atoms with Crippen LogP contribution in [0.2, 0.25) is 5.02 Å². The van der Waals surface area contributed by atoms with E-state index in [9.17, 15) is 9.90 Å². The predicted molar refractivity (Wildman–Crippen MR) is 91.1 cm³/mol. The van der Waals surface area contributed by atoms with Gasteiger partial charge in [0, 0.05) is 17.6 Å². The van der Waals surface area contributed by atoms with E-state index in [1.807, 2.05) is 13.0 Å². The molecule has 1 fully saturated rings. The van der Waals surface area contributed by atoms with Gasteiger partial charge >= 0.3 is 6.03 Å². The van der Waals surface area contributed by atoms with Crippen LogP contribution in [0.5, 0.6) is 5.75 Å². The number of halogens is 1. The average Bonchev–Trinajstić information content (AvgIpc) is 2.55. The molecule has 1 atom stereocenters. The highest BCUT2D eigenvalue weighted by atomic mass is 35.5. The van der Waals surface area contributed by atoms with Gasteiger partial charge in [-0.2, -0.15) is 0 Å². The number of hydrogen-bond acceptors (Lipinski definition) is 3. The van der Waals surface area contributed by atoms with E-state index >= 15 is 0 Å². The summed E-state index contributed by atoms with van der Waals surface area (Å²) in [6.45, 7) is 2.17. The molecule has 1 aromatic carbocycles. The second kappa shape index (κ2) is 8.99. The number of ether oxygens (including phenoxy) is 1. The Bertz CT molecular complexity index is 519. The normalized spacial score (nSPS) is 16.7. The van der Waals surface area contributed by atoms with E-state index < -0.39 is 6.10 Å². The molecule has 0 aliphatic heterocycles. The van der Waals surface area contributed by atoms with Gasteiger partial charge in [0.25, 0.3) is 0 Å². The lowest BCUT2D eigenvalue weighted by molar-refractivity contribution is 0.107. The zero-order valence-electron chi connectivity index (χ0n) is 13.5. The molecular formula is C17H25ClN2O3. The molecule has 5 nitrogen and oxygen atoms in total. The number of urea groups is 1. The van der Waals surface area contributed by atoms with Crippen molar-refractivity contribution < 1.29 is 14.6 Å². The van der Waals surface area contributed by atoms with Gasteiger partial charge in [-0.1, -0.05) is 30.9 Å². The molecule has 0 aromatic heterocycles. The lowest BCUT2D eigenvalue weighted by Crippen LogP contribution is -2.45. The maximum atomic E-state index is 11.8. The summed E-state index contributed by atoms with van der Waals surface area (Å²) < 4.78 is 5.51. The number of rotatable bonds is 6. The molecule has 6 heteroatoms. The lowest BCUT2D eigenvalue weighted by atomic mass is 9.96. The fourth-order valence-electron chi connectivity index (χ4n) is 2.65. The minimum Gasteiger partial charge on any atom is -0.491 e. The van der Waals surface area contributed by atoms with Crippen molar-refractivity contribution in [2.24, 2.45) is 0 Å². The number of aliphatic hydroxyl groups excluding tert-OH is 1. The first kappa shape index (κ1) is 17.9. The second-order valence-electron chi connectivity index (χ2n) is 6.07. The molecule has 1 aromatic rings. The van der Waals surface area contributed by atoms with Gasteiger partial charge in [0.15, 0.2) is 0 Å². The van der Waals surface area contributed by atoms with Crippen LogP contribution in [0.25, 0.3) is 0 Å². The predicted octanol–water partition coefficient (Wildman–Crippen LogP) is 3.02. The zero-order chi connectivity index (χ0) is 16.7. The highest BCUT2D eigenvalue weighted by Gasteiger charge is 2.16. The van der Waals surface area contributed by atoms with Gasteiger partial charge in [0.05, 0.1) is 0 Å². The summed E-state index contributed by atoms with van der Waals surface area (Å²) >= 11 is 5.95. The first-order valence-electron chi connectivity index (χ1n) is 8.16. The molecule has 1 saturated carbocycles. The molecule has 2 rings (SSSR count). The standard InChI is InChI=1S/C17H25ClN2O3/c1-12-9-15(7-8-16(12)18)23-11-14(21)10-19-17(22)20-13-5-3-2-4-6-13/h7-9,13-14,21H,2-6,10-11H2,1H3,(H2,19,20,22). The molecule has 1 aliphatic carbocycles. The van der Waals surface area contributed by atoms with Crippen LogP contribution < -0.4 is 15.4 Å². The molecule has 0 saturated heterocycles. The van der Waals surface area contributed by atoms with E-state index in [4.69, 9.17) is 16.3 Å². The second-order valence-corrected chi connectivity index (χ2v) is 6.47. The van der Waals surface area contributed by atoms with Crippen LogP contribution in [0.3, 0.4) is 0 Å². The number of benzene rings is 1. The number of hydrogen-bond donors (Lipinski definition) is 3. The molecule has 0 bridgehead atoms. The largest absolute Gasteiger partial charge is 0.491 e. The number of aryl methyl sites for hydroxylation is 1. The van der Waals surface area contributed by atoms with Crippen LogP contribution in [0, 0.1) is 6.92 Å². The summed E-state index contributed by atoms with van der Waals surface area (Å²) in [7, 11) is 0. The third kappa shape index (κ3) is 6.28. The molecule has 1 aliphatic rings. The molecular weight excluding hydrogens is 316 g/mol.